The second kappa shape index (κ2) is 5.89. The Morgan fingerprint density at radius 1 is 1.26 bits per heavy atom. The van der Waals surface area contributed by atoms with E-state index < -0.39 is 0 Å². The van der Waals surface area contributed by atoms with Gasteiger partial charge < -0.3 is 15.0 Å². The normalized spacial score (nSPS) is 10.7. The first-order chi connectivity index (χ1) is 9.15. The maximum atomic E-state index is 5.93. The molecule has 0 bridgehead atoms. The van der Waals surface area contributed by atoms with E-state index in [0.717, 1.165) is 34.8 Å². The predicted molar refractivity (Wildman–Crippen MR) is 76.0 cm³/mol. The number of nitrogens with two attached hydrogens (primary N) is 1. The monoisotopic (exact) mass is 259 g/mol. The molecule has 1 heterocycles. The zero-order valence-corrected chi connectivity index (χ0v) is 11.8. The van der Waals surface area contributed by atoms with Gasteiger partial charge in [-0.15, -0.1) is 0 Å². The van der Waals surface area contributed by atoms with Crippen molar-refractivity contribution in [2.75, 3.05) is 0 Å². The lowest BCUT2D eigenvalue weighted by atomic mass is 10.1. The number of nitrogens with zero attached hydrogens (tertiary/aromatic N) is 2. The van der Waals surface area contributed by atoms with Crippen molar-refractivity contribution in [1.29, 1.82) is 0 Å². The molecule has 102 valence electrons. The molecule has 0 fully saturated rings. The van der Waals surface area contributed by atoms with E-state index in [4.69, 9.17) is 10.5 Å². The average Bonchev–Trinajstić information content (AvgIpc) is 2.85. The molecule has 0 aliphatic rings. The first kappa shape index (κ1) is 13.6. The Morgan fingerprint density at radius 3 is 2.53 bits per heavy atom. The molecule has 0 spiro atoms. The lowest BCUT2D eigenvalue weighted by Gasteiger charge is -2.14. The molecule has 1 aromatic carbocycles. The fourth-order valence-electron chi connectivity index (χ4n) is 2.29. The van der Waals surface area contributed by atoms with Gasteiger partial charge in [-0.2, -0.15) is 0 Å². The molecule has 0 aliphatic heterocycles. The van der Waals surface area contributed by atoms with Gasteiger partial charge in [0.25, 0.3) is 0 Å². The van der Waals surface area contributed by atoms with Gasteiger partial charge in [0, 0.05) is 25.5 Å². The van der Waals surface area contributed by atoms with Crippen molar-refractivity contribution in [2.24, 2.45) is 5.73 Å². The maximum absolute atomic E-state index is 5.93. The van der Waals surface area contributed by atoms with Crippen LogP contribution in [0.4, 0.5) is 0 Å². The Bertz CT molecular complexity index is 537. The van der Waals surface area contributed by atoms with Gasteiger partial charge in [0.15, 0.2) is 0 Å². The number of hydrogen-bond acceptors (Lipinski definition) is 3. The van der Waals surface area contributed by atoms with Crippen LogP contribution in [0.5, 0.6) is 5.75 Å². The molecule has 4 nitrogen and oxygen atoms in total. The molecule has 0 aliphatic carbocycles. The molecule has 4 heteroatoms. The number of hydrogen-bond donors (Lipinski definition) is 1. The van der Waals surface area contributed by atoms with Crippen LogP contribution < -0.4 is 10.5 Å². The molecule has 19 heavy (non-hydrogen) atoms. The highest BCUT2D eigenvalue weighted by atomic mass is 16.5. The Morgan fingerprint density at radius 2 is 1.95 bits per heavy atom. The smallest absolute Gasteiger partial charge is 0.146 e. The average molecular weight is 259 g/mol. The first-order valence-electron chi connectivity index (χ1n) is 6.58. The summed E-state index contributed by atoms with van der Waals surface area (Å²) in [7, 11) is 0. The number of aryl methyl sites for hydroxylation is 3. The topological polar surface area (TPSA) is 53.1 Å². The van der Waals surface area contributed by atoms with E-state index in [9.17, 15) is 0 Å². The van der Waals surface area contributed by atoms with Crippen molar-refractivity contribution in [3.63, 3.8) is 0 Å². The third-order valence-electron chi connectivity index (χ3n) is 3.24. The van der Waals surface area contributed by atoms with E-state index in [1.54, 1.807) is 6.20 Å². The molecule has 0 amide bonds. The van der Waals surface area contributed by atoms with Gasteiger partial charge in [0.1, 0.15) is 18.2 Å². The van der Waals surface area contributed by atoms with E-state index in [2.05, 4.69) is 28.6 Å². The van der Waals surface area contributed by atoms with Crippen molar-refractivity contribution in [2.45, 2.75) is 40.5 Å². The van der Waals surface area contributed by atoms with Gasteiger partial charge in [-0.3, -0.25) is 0 Å². The van der Waals surface area contributed by atoms with Gasteiger partial charge in [-0.1, -0.05) is 12.1 Å². The van der Waals surface area contributed by atoms with Crippen molar-refractivity contribution >= 4 is 0 Å². The van der Waals surface area contributed by atoms with Crippen LogP contribution in [-0.2, 0) is 19.7 Å². The summed E-state index contributed by atoms with van der Waals surface area (Å²) in [6.07, 6.45) is 3.77. The lowest BCUT2D eigenvalue weighted by Crippen LogP contribution is -2.07. The maximum Gasteiger partial charge on any atom is 0.146 e. The van der Waals surface area contributed by atoms with Crippen LogP contribution in [-0.4, -0.2) is 9.55 Å². The fraction of sp³-hybridized carbons (Fsp3) is 0.400. The van der Waals surface area contributed by atoms with Gasteiger partial charge in [-0.25, -0.2) is 4.98 Å². The van der Waals surface area contributed by atoms with Crippen molar-refractivity contribution in [1.82, 2.24) is 9.55 Å². The molecular formula is C15H21N3O. The first-order valence-corrected chi connectivity index (χ1v) is 6.58. The second-order valence-electron chi connectivity index (χ2n) is 4.68. The van der Waals surface area contributed by atoms with Crippen LogP contribution >= 0.6 is 0 Å². The summed E-state index contributed by atoms with van der Waals surface area (Å²) >= 11 is 0. The highest BCUT2D eigenvalue weighted by molar-refractivity contribution is 5.43. The van der Waals surface area contributed by atoms with Crippen LogP contribution in [0.3, 0.4) is 0 Å². The van der Waals surface area contributed by atoms with Crippen molar-refractivity contribution < 1.29 is 4.74 Å². The van der Waals surface area contributed by atoms with Gasteiger partial charge in [0.2, 0.25) is 0 Å². The molecule has 0 saturated carbocycles. The van der Waals surface area contributed by atoms with Crippen LogP contribution in [0.15, 0.2) is 24.5 Å². The van der Waals surface area contributed by atoms with Gasteiger partial charge in [-0.05, 0) is 37.5 Å². The number of aromatic nitrogens is 2. The Labute approximate surface area is 114 Å². The summed E-state index contributed by atoms with van der Waals surface area (Å²) < 4.78 is 8.01. The molecule has 0 atom stereocenters. The number of imidazole rings is 1. The molecule has 2 N–H and O–H groups in total. The third kappa shape index (κ3) is 2.96. The molecule has 0 radical (unpaired) electrons. The highest BCUT2D eigenvalue weighted by Gasteiger charge is 2.08. The van der Waals surface area contributed by atoms with E-state index in [1.165, 1.54) is 0 Å². The summed E-state index contributed by atoms with van der Waals surface area (Å²) in [4.78, 5) is 4.31. The summed E-state index contributed by atoms with van der Waals surface area (Å²) in [5, 5.41) is 0. The molecule has 0 saturated heterocycles. The molecule has 2 aromatic rings. The SMILES string of the molecule is CCn1ccnc1COc1c(C)cc(CN)cc1C. The third-order valence-corrected chi connectivity index (χ3v) is 3.24. The Kier molecular flexibility index (Phi) is 4.22. The minimum Gasteiger partial charge on any atom is -0.485 e. The van der Waals surface area contributed by atoms with Gasteiger partial charge in [0.05, 0.1) is 0 Å². The van der Waals surface area contributed by atoms with Crippen LogP contribution in [0, 0.1) is 13.8 Å². The van der Waals surface area contributed by atoms with Crippen molar-refractivity contribution in [3.8, 4) is 5.75 Å². The number of benzene rings is 1. The Balaban J connectivity index is 2.16. The summed E-state index contributed by atoms with van der Waals surface area (Å²) in [6.45, 7) is 8.15. The largest absolute Gasteiger partial charge is 0.485 e. The molecule has 1 aromatic heterocycles. The minimum absolute atomic E-state index is 0.491. The van der Waals surface area contributed by atoms with Crippen LogP contribution in [0.2, 0.25) is 0 Å². The molecular weight excluding hydrogens is 238 g/mol. The zero-order valence-electron chi connectivity index (χ0n) is 11.8. The summed E-state index contributed by atoms with van der Waals surface area (Å²) in [6, 6.07) is 4.16. The minimum atomic E-state index is 0.491. The van der Waals surface area contributed by atoms with E-state index in [1.807, 2.05) is 20.0 Å². The van der Waals surface area contributed by atoms with Crippen LogP contribution in [0.25, 0.3) is 0 Å². The van der Waals surface area contributed by atoms with E-state index in [0.29, 0.717) is 13.2 Å². The van der Waals surface area contributed by atoms with Gasteiger partial charge >= 0.3 is 0 Å². The van der Waals surface area contributed by atoms with Crippen LogP contribution in [0.1, 0.15) is 29.4 Å². The van der Waals surface area contributed by atoms with E-state index in [-0.39, 0.29) is 0 Å². The second-order valence-corrected chi connectivity index (χ2v) is 4.68. The number of rotatable bonds is 5. The highest BCUT2D eigenvalue weighted by Crippen LogP contribution is 2.25. The number of ether oxygens (including phenoxy) is 1. The predicted octanol–water partition coefficient (Wildman–Crippen LogP) is 2.56. The summed E-state index contributed by atoms with van der Waals surface area (Å²) in [5.41, 5.74) is 9.05. The fourth-order valence-corrected chi connectivity index (χ4v) is 2.29. The Hall–Kier alpha value is -1.81. The van der Waals surface area contributed by atoms with Crippen molar-refractivity contribution in [3.05, 3.63) is 47.0 Å². The van der Waals surface area contributed by atoms with E-state index >= 15 is 0 Å². The standard InChI is InChI=1S/C15H21N3O/c1-4-18-6-5-17-14(18)10-19-15-11(2)7-13(9-16)8-12(15)3/h5-8H,4,9-10,16H2,1-3H3. The quantitative estimate of drug-likeness (QED) is 0.897. The lowest BCUT2D eigenvalue weighted by molar-refractivity contribution is 0.286. The molecule has 0 unspecified atom stereocenters. The molecule has 2 rings (SSSR count). The summed E-state index contributed by atoms with van der Waals surface area (Å²) in [5.74, 6) is 1.88. The zero-order chi connectivity index (χ0) is 13.8.